The van der Waals surface area contributed by atoms with Gasteiger partial charge in [-0.1, -0.05) is 0 Å². The van der Waals surface area contributed by atoms with Crippen LogP contribution >= 0.6 is 12.2 Å². The van der Waals surface area contributed by atoms with Crippen molar-refractivity contribution < 1.29 is 5.11 Å². The van der Waals surface area contributed by atoms with Crippen LogP contribution in [0.2, 0.25) is 0 Å². The van der Waals surface area contributed by atoms with Crippen LogP contribution < -0.4 is 17.0 Å². The van der Waals surface area contributed by atoms with Gasteiger partial charge in [-0.05, 0) is 26.1 Å². The SMILES string of the molecule is CC(C)(N)CO.Cn1c(=O)c2[nH]c(=S)[nH]c2n(C)c1=O. The lowest BCUT2D eigenvalue weighted by atomic mass is 10.1. The summed E-state index contributed by atoms with van der Waals surface area (Å²) < 4.78 is 2.70. The number of nitrogens with two attached hydrogens (primary N) is 1. The summed E-state index contributed by atoms with van der Waals surface area (Å²) in [6, 6.07) is 0. The molecule has 0 radical (unpaired) electrons. The molecular formula is C11H19N5O3S. The van der Waals surface area contributed by atoms with Crippen molar-refractivity contribution in [1.29, 1.82) is 0 Å². The normalized spacial score (nSPS) is 11.3. The molecule has 20 heavy (non-hydrogen) atoms. The van der Waals surface area contributed by atoms with Gasteiger partial charge in [0.2, 0.25) is 0 Å². The van der Waals surface area contributed by atoms with Crippen LogP contribution in [0.3, 0.4) is 0 Å². The number of aliphatic hydroxyl groups is 1. The minimum absolute atomic E-state index is 0.0486. The van der Waals surface area contributed by atoms with E-state index in [1.54, 1.807) is 20.9 Å². The molecule has 8 nitrogen and oxygen atoms in total. The summed E-state index contributed by atoms with van der Waals surface area (Å²) in [5, 5.41) is 8.28. The number of H-pyrrole nitrogens is 2. The fourth-order valence-corrected chi connectivity index (χ4v) is 1.55. The Hall–Kier alpha value is -1.71. The number of nitrogens with one attached hydrogen (secondary N) is 2. The largest absolute Gasteiger partial charge is 0.394 e. The van der Waals surface area contributed by atoms with Gasteiger partial charge in [0.25, 0.3) is 5.56 Å². The van der Waals surface area contributed by atoms with Crippen molar-refractivity contribution in [2.24, 2.45) is 19.8 Å². The fraction of sp³-hybridized carbons (Fsp3) is 0.545. The molecule has 0 unspecified atom stereocenters. The van der Waals surface area contributed by atoms with Crippen molar-refractivity contribution in [3.05, 3.63) is 25.6 Å². The molecule has 0 saturated heterocycles. The van der Waals surface area contributed by atoms with E-state index in [2.05, 4.69) is 9.97 Å². The maximum absolute atomic E-state index is 11.6. The molecule has 9 heteroatoms. The third-order valence-electron chi connectivity index (χ3n) is 2.54. The van der Waals surface area contributed by atoms with E-state index in [0.717, 1.165) is 4.57 Å². The Bertz CT molecular complexity index is 774. The second kappa shape index (κ2) is 5.73. The summed E-state index contributed by atoms with van der Waals surface area (Å²) in [5.74, 6) is 0. The second-order valence-electron chi connectivity index (χ2n) is 5.16. The monoisotopic (exact) mass is 301 g/mol. The molecule has 0 amide bonds. The highest BCUT2D eigenvalue weighted by molar-refractivity contribution is 7.71. The Morgan fingerprint density at radius 1 is 1.25 bits per heavy atom. The lowest BCUT2D eigenvalue weighted by Crippen LogP contribution is -2.36. The summed E-state index contributed by atoms with van der Waals surface area (Å²) in [7, 11) is 3.00. The van der Waals surface area contributed by atoms with E-state index in [9.17, 15) is 9.59 Å². The Morgan fingerprint density at radius 2 is 1.75 bits per heavy atom. The zero-order chi connectivity index (χ0) is 15.7. The Balaban J connectivity index is 0.000000286. The van der Waals surface area contributed by atoms with Gasteiger partial charge in [-0.3, -0.25) is 13.9 Å². The van der Waals surface area contributed by atoms with Gasteiger partial charge in [-0.2, -0.15) is 0 Å². The third kappa shape index (κ3) is 3.44. The summed E-state index contributed by atoms with van der Waals surface area (Å²) in [6.07, 6.45) is 0. The number of aromatic amines is 2. The maximum Gasteiger partial charge on any atom is 0.332 e. The predicted molar refractivity (Wildman–Crippen MR) is 79.3 cm³/mol. The molecule has 2 rings (SSSR count). The van der Waals surface area contributed by atoms with Gasteiger partial charge in [0.05, 0.1) is 6.61 Å². The van der Waals surface area contributed by atoms with Crippen LogP contribution in [0.1, 0.15) is 13.8 Å². The number of aryl methyl sites for hydroxylation is 1. The molecule has 0 saturated carbocycles. The van der Waals surface area contributed by atoms with E-state index in [-0.39, 0.29) is 17.9 Å². The average Bonchev–Trinajstić information content (AvgIpc) is 2.76. The fourth-order valence-electron chi connectivity index (χ4n) is 1.36. The molecule has 2 aromatic heterocycles. The zero-order valence-corrected chi connectivity index (χ0v) is 12.7. The Kier molecular flexibility index (Phi) is 4.69. The van der Waals surface area contributed by atoms with Gasteiger partial charge in [0, 0.05) is 19.6 Å². The van der Waals surface area contributed by atoms with E-state index in [4.69, 9.17) is 23.1 Å². The maximum atomic E-state index is 11.6. The summed E-state index contributed by atoms with van der Waals surface area (Å²) >= 11 is 4.84. The zero-order valence-electron chi connectivity index (χ0n) is 11.9. The van der Waals surface area contributed by atoms with Crippen molar-refractivity contribution in [1.82, 2.24) is 19.1 Å². The van der Waals surface area contributed by atoms with Crippen molar-refractivity contribution in [2.45, 2.75) is 19.4 Å². The number of imidazole rings is 1. The van der Waals surface area contributed by atoms with E-state index in [0.29, 0.717) is 15.9 Å². The van der Waals surface area contributed by atoms with Gasteiger partial charge in [0.1, 0.15) is 11.2 Å². The molecule has 0 aliphatic carbocycles. The van der Waals surface area contributed by atoms with E-state index >= 15 is 0 Å². The molecular weight excluding hydrogens is 282 g/mol. The molecule has 0 aromatic carbocycles. The van der Waals surface area contributed by atoms with Gasteiger partial charge in [-0.15, -0.1) is 0 Å². The van der Waals surface area contributed by atoms with Crippen molar-refractivity contribution in [3.63, 3.8) is 0 Å². The predicted octanol–water partition coefficient (Wildman–Crippen LogP) is -0.661. The first-order valence-electron chi connectivity index (χ1n) is 5.86. The van der Waals surface area contributed by atoms with Crippen LogP contribution in [0.25, 0.3) is 11.2 Å². The minimum atomic E-state index is -0.403. The molecule has 112 valence electrons. The van der Waals surface area contributed by atoms with Crippen molar-refractivity contribution in [2.75, 3.05) is 6.61 Å². The number of rotatable bonds is 1. The van der Waals surface area contributed by atoms with Crippen LogP contribution in [0.4, 0.5) is 0 Å². The second-order valence-corrected chi connectivity index (χ2v) is 5.56. The molecule has 0 atom stereocenters. The van der Waals surface area contributed by atoms with Gasteiger partial charge >= 0.3 is 5.69 Å². The molecule has 0 bridgehead atoms. The standard InChI is InChI=1S/C7H8N4O2S.C4H11NO/c1-10-4-3(8-6(14)9-4)5(12)11(2)7(10)13;1-4(2,5)3-6/h1-2H3,(H2,8,9,14);6H,3,5H2,1-2H3. The molecule has 2 aromatic rings. The molecule has 0 aliphatic heterocycles. The van der Waals surface area contributed by atoms with Crippen molar-refractivity contribution in [3.8, 4) is 0 Å². The van der Waals surface area contributed by atoms with Crippen LogP contribution in [0.5, 0.6) is 0 Å². The first-order chi connectivity index (χ1) is 9.08. The first-order valence-corrected chi connectivity index (χ1v) is 6.27. The lowest BCUT2D eigenvalue weighted by Gasteiger charge is -2.12. The number of nitrogens with zero attached hydrogens (tertiary/aromatic N) is 2. The summed E-state index contributed by atoms with van der Waals surface area (Å²) in [5.41, 5.74) is 4.86. The summed E-state index contributed by atoms with van der Waals surface area (Å²) in [4.78, 5) is 28.5. The molecule has 2 heterocycles. The number of aromatic nitrogens is 4. The third-order valence-corrected chi connectivity index (χ3v) is 2.75. The highest BCUT2D eigenvalue weighted by Crippen LogP contribution is 1.99. The minimum Gasteiger partial charge on any atom is -0.394 e. The number of aliphatic hydroxyl groups excluding tert-OH is 1. The van der Waals surface area contributed by atoms with Crippen LogP contribution in [0.15, 0.2) is 9.59 Å². The highest BCUT2D eigenvalue weighted by Gasteiger charge is 2.09. The van der Waals surface area contributed by atoms with Crippen molar-refractivity contribution >= 4 is 23.4 Å². The highest BCUT2D eigenvalue weighted by atomic mass is 32.1. The Labute approximate surface area is 119 Å². The number of fused-ring (bicyclic) bond motifs is 1. The summed E-state index contributed by atoms with van der Waals surface area (Å²) in [6.45, 7) is 3.59. The molecule has 0 fully saturated rings. The van der Waals surface area contributed by atoms with E-state index in [1.165, 1.54) is 11.6 Å². The van der Waals surface area contributed by atoms with Crippen LogP contribution in [0, 0.1) is 4.77 Å². The molecule has 5 N–H and O–H groups in total. The quantitative estimate of drug-likeness (QED) is 0.521. The van der Waals surface area contributed by atoms with E-state index < -0.39 is 5.54 Å². The van der Waals surface area contributed by atoms with Crippen LogP contribution in [-0.4, -0.2) is 36.4 Å². The lowest BCUT2D eigenvalue weighted by molar-refractivity contribution is 0.221. The van der Waals surface area contributed by atoms with Gasteiger partial charge < -0.3 is 20.8 Å². The number of hydrogen-bond acceptors (Lipinski definition) is 5. The first kappa shape index (κ1) is 16.3. The topological polar surface area (TPSA) is 122 Å². The van der Waals surface area contributed by atoms with Crippen LogP contribution in [-0.2, 0) is 14.1 Å². The average molecular weight is 301 g/mol. The van der Waals surface area contributed by atoms with Gasteiger partial charge in [0.15, 0.2) is 4.77 Å². The van der Waals surface area contributed by atoms with E-state index in [1.807, 2.05) is 0 Å². The van der Waals surface area contributed by atoms with Gasteiger partial charge in [-0.25, -0.2) is 4.79 Å². The molecule has 0 aliphatic rings. The number of hydrogen-bond donors (Lipinski definition) is 4. The molecule has 0 spiro atoms. The Morgan fingerprint density at radius 3 is 2.20 bits per heavy atom. The smallest absolute Gasteiger partial charge is 0.332 e.